The largest absolute Gasteiger partial charge is 0.490 e. The number of ether oxygens (including phenoxy) is 1. The first kappa shape index (κ1) is 20.3. The molecular weight excluding hydrogens is 414 g/mol. The van der Waals surface area contributed by atoms with E-state index in [2.05, 4.69) is 44.9 Å². The Labute approximate surface area is 192 Å². The number of nitrogens with zero attached hydrogens (tertiary/aromatic N) is 6. The van der Waals surface area contributed by atoms with E-state index in [1.807, 2.05) is 16.9 Å². The van der Waals surface area contributed by atoms with Crippen molar-refractivity contribution in [1.82, 2.24) is 35.2 Å². The summed E-state index contributed by atoms with van der Waals surface area (Å²) in [5, 5.41) is 19.1. The van der Waals surface area contributed by atoms with Gasteiger partial charge >= 0.3 is 0 Å². The summed E-state index contributed by atoms with van der Waals surface area (Å²) in [6, 6.07) is 8.54. The first-order chi connectivity index (χ1) is 16.4. The van der Waals surface area contributed by atoms with Crippen LogP contribution in [0.1, 0.15) is 75.8 Å². The summed E-state index contributed by atoms with van der Waals surface area (Å²) in [6.45, 7) is 0. The highest BCUT2D eigenvalue weighted by molar-refractivity contribution is 5.75. The van der Waals surface area contributed by atoms with E-state index < -0.39 is 0 Å². The topological polar surface area (TPSA) is 93.9 Å². The summed E-state index contributed by atoms with van der Waals surface area (Å²) in [6.07, 6.45) is 16.5. The van der Waals surface area contributed by atoms with Gasteiger partial charge in [-0.05, 0) is 66.6 Å². The molecule has 170 valence electrons. The van der Waals surface area contributed by atoms with Gasteiger partial charge < -0.3 is 4.74 Å². The molecule has 0 saturated heterocycles. The monoisotopic (exact) mass is 443 g/mol. The maximum Gasteiger partial charge on any atom is 0.184 e. The Morgan fingerprint density at radius 1 is 0.848 bits per heavy atom. The summed E-state index contributed by atoms with van der Waals surface area (Å²) >= 11 is 0. The molecule has 0 bridgehead atoms. The zero-order valence-electron chi connectivity index (χ0n) is 18.8. The number of H-pyrrole nitrogens is 1. The fourth-order valence-electron chi connectivity index (χ4n) is 5.47. The second-order valence-corrected chi connectivity index (χ2v) is 9.34. The van der Waals surface area contributed by atoms with Crippen LogP contribution in [0.5, 0.6) is 5.75 Å². The molecule has 2 aliphatic carbocycles. The summed E-state index contributed by atoms with van der Waals surface area (Å²) < 4.78 is 8.26. The van der Waals surface area contributed by atoms with Crippen molar-refractivity contribution < 1.29 is 4.74 Å². The van der Waals surface area contributed by atoms with E-state index in [1.165, 1.54) is 57.1 Å². The van der Waals surface area contributed by atoms with Crippen molar-refractivity contribution in [3.63, 3.8) is 0 Å². The minimum absolute atomic E-state index is 0.355. The fourth-order valence-corrected chi connectivity index (χ4v) is 5.47. The minimum atomic E-state index is 0.355. The Balaban J connectivity index is 1.38. The van der Waals surface area contributed by atoms with Crippen LogP contribution in [0.2, 0.25) is 0 Å². The fraction of sp³-hybridized carbons (Fsp3) is 0.480. The summed E-state index contributed by atoms with van der Waals surface area (Å²) in [5.74, 6) is 2.00. The number of rotatable bonds is 5. The molecule has 3 aromatic heterocycles. The smallest absolute Gasteiger partial charge is 0.184 e. The molecule has 0 aliphatic heterocycles. The molecule has 0 unspecified atom stereocenters. The molecule has 2 aliphatic rings. The molecule has 0 amide bonds. The summed E-state index contributed by atoms with van der Waals surface area (Å²) in [5.41, 5.74) is 5.14. The lowest BCUT2D eigenvalue weighted by Crippen LogP contribution is -2.19. The van der Waals surface area contributed by atoms with Gasteiger partial charge in [0, 0.05) is 17.7 Å². The zero-order chi connectivity index (χ0) is 22.0. The van der Waals surface area contributed by atoms with Gasteiger partial charge in [0.15, 0.2) is 11.5 Å². The Hall–Kier alpha value is -3.29. The molecule has 6 rings (SSSR count). The normalized spacial score (nSPS) is 18.1. The van der Waals surface area contributed by atoms with Crippen LogP contribution >= 0.6 is 0 Å². The van der Waals surface area contributed by atoms with Crippen LogP contribution < -0.4 is 4.74 Å². The number of hydrogen-bond acceptors (Lipinski definition) is 6. The van der Waals surface area contributed by atoms with Crippen molar-refractivity contribution >= 4 is 5.65 Å². The zero-order valence-corrected chi connectivity index (χ0v) is 18.8. The van der Waals surface area contributed by atoms with Crippen molar-refractivity contribution in [3.8, 4) is 28.3 Å². The molecule has 8 heteroatoms. The standard InChI is InChI=1S/C25H29N7O/c1-3-7-18(8-4-1)23-21(15-26-25-22(16-27-32(23)25)24-28-30-31-29-24)17-11-13-20(14-12-17)33-19-9-5-2-6-10-19/h11-16,18-19H,1-10H2,(H,28,29,30,31). The van der Waals surface area contributed by atoms with Gasteiger partial charge in [0.2, 0.25) is 0 Å². The molecule has 2 fully saturated rings. The molecule has 0 spiro atoms. The number of fused-ring (bicyclic) bond motifs is 1. The van der Waals surface area contributed by atoms with Crippen LogP contribution in [0, 0.1) is 0 Å². The molecule has 2 saturated carbocycles. The van der Waals surface area contributed by atoms with Crippen LogP contribution in [0.4, 0.5) is 0 Å². The Morgan fingerprint density at radius 2 is 1.61 bits per heavy atom. The highest BCUT2D eigenvalue weighted by Crippen LogP contribution is 2.39. The molecule has 0 radical (unpaired) electrons. The van der Waals surface area contributed by atoms with E-state index in [-0.39, 0.29) is 0 Å². The molecule has 0 atom stereocenters. The van der Waals surface area contributed by atoms with Crippen molar-refractivity contribution in [2.24, 2.45) is 0 Å². The van der Waals surface area contributed by atoms with E-state index in [0.717, 1.165) is 40.9 Å². The van der Waals surface area contributed by atoms with Crippen LogP contribution in [-0.2, 0) is 0 Å². The Kier molecular flexibility index (Phi) is 5.49. The quantitative estimate of drug-likeness (QED) is 0.448. The predicted octanol–water partition coefficient (Wildman–Crippen LogP) is 5.34. The first-order valence-electron chi connectivity index (χ1n) is 12.2. The van der Waals surface area contributed by atoms with Crippen molar-refractivity contribution in [3.05, 3.63) is 42.4 Å². The lowest BCUT2D eigenvalue weighted by molar-refractivity contribution is 0.155. The van der Waals surface area contributed by atoms with Gasteiger partial charge in [-0.25, -0.2) is 14.6 Å². The van der Waals surface area contributed by atoms with Gasteiger partial charge in [-0.2, -0.15) is 5.10 Å². The number of aromatic amines is 1. The number of hydrogen-bond donors (Lipinski definition) is 1. The van der Waals surface area contributed by atoms with E-state index in [0.29, 0.717) is 17.8 Å². The van der Waals surface area contributed by atoms with E-state index in [1.54, 1.807) is 0 Å². The number of tetrazole rings is 1. The predicted molar refractivity (Wildman–Crippen MR) is 125 cm³/mol. The molecule has 1 aromatic carbocycles. The van der Waals surface area contributed by atoms with Crippen molar-refractivity contribution in [2.45, 2.75) is 76.2 Å². The van der Waals surface area contributed by atoms with Crippen molar-refractivity contribution in [1.29, 1.82) is 0 Å². The molecule has 33 heavy (non-hydrogen) atoms. The second-order valence-electron chi connectivity index (χ2n) is 9.34. The molecule has 1 N–H and O–H groups in total. The summed E-state index contributed by atoms with van der Waals surface area (Å²) in [7, 11) is 0. The molecular formula is C25H29N7O. The first-order valence-corrected chi connectivity index (χ1v) is 12.2. The van der Waals surface area contributed by atoms with Crippen LogP contribution in [0.3, 0.4) is 0 Å². The van der Waals surface area contributed by atoms with Gasteiger partial charge in [0.25, 0.3) is 0 Å². The van der Waals surface area contributed by atoms with Gasteiger partial charge in [-0.15, -0.1) is 5.10 Å². The third-order valence-corrected chi connectivity index (χ3v) is 7.18. The highest BCUT2D eigenvalue weighted by Gasteiger charge is 2.25. The molecule has 4 aromatic rings. The van der Waals surface area contributed by atoms with Crippen molar-refractivity contribution in [2.75, 3.05) is 0 Å². The number of benzene rings is 1. The minimum Gasteiger partial charge on any atom is -0.490 e. The maximum atomic E-state index is 6.25. The van der Waals surface area contributed by atoms with E-state index in [4.69, 9.17) is 14.8 Å². The molecule has 8 nitrogen and oxygen atoms in total. The van der Waals surface area contributed by atoms with Gasteiger partial charge in [0.1, 0.15) is 5.75 Å². The average molecular weight is 444 g/mol. The highest BCUT2D eigenvalue weighted by atomic mass is 16.5. The summed E-state index contributed by atoms with van der Waals surface area (Å²) in [4.78, 5) is 4.80. The lowest BCUT2D eigenvalue weighted by Gasteiger charge is -2.25. The average Bonchev–Trinajstić information content (AvgIpc) is 3.55. The Bertz CT molecular complexity index is 1200. The number of aromatic nitrogens is 7. The number of nitrogens with one attached hydrogen (secondary N) is 1. The lowest BCUT2D eigenvalue weighted by atomic mass is 9.84. The van der Waals surface area contributed by atoms with Crippen LogP contribution in [-0.4, -0.2) is 41.3 Å². The third-order valence-electron chi connectivity index (χ3n) is 7.18. The Morgan fingerprint density at radius 3 is 2.33 bits per heavy atom. The van der Waals surface area contributed by atoms with Gasteiger partial charge in [-0.3, -0.25) is 0 Å². The SMILES string of the molecule is c1cc(-c2cnc3c(-c4nnn[nH]4)cnn3c2C2CCCCC2)ccc1OC1CCCCC1. The van der Waals surface area contributed by atoms with Gasteiger partial charge in [0.05, 0.1) is 23.6 Å². The van der Waals surface area contributed by atoms with Crippen LogP contribution in [0.15, 0.2) is 36.7 Å². The molecule has 3 heterocycles. The van der Waals surface area contributed by atoms with E-state index in [9.17, 15) is 0 Å². The third kappa shape index (κ3) is 3.98. The van der Waals surface area contributed by atoms with Crippen LogP contribution in [0.25, 0.3) is 28.2 Å². The second kappa shape index (κ2) is 8.92. The maximum absolute atomic E-state index is 6.25. The van der Waals surface area contributed by atoms with E-state index >= 15 is 0 Å². The van der Waals surface area contributed by atoms with Gasteiger partial charge in [-0.1, -0.05) is 37.8 Å².